The van der Waals surface area contributed by atoms with E-state index in [2.05, 4.69) is 10.6 Å². The molecule has 0 aliphatic carbocycles. The molecule has 2 amide bonds. The average molecular weight is 448 g/mol. The number of nitrogens with zero attached hydrogens (tertiary/aromatic N) is 1. The molecular weight excluding hydrogens is 422 g/mol. The SMILES string of the molecule is CCN(CC)S(=O)(=O)c1ccc(C(=O)NCC(=O)NCc2ccc3c(c2)OCO3)cc1. The van der Waals surface area contributed by atoms with Crippen LogP contribution in [-0.2, 0) is 21.4 Å². The maximum Gasteiger partial charge on any atom is 0.251 e. The number of benzene rings is 2. The van der Waals surface area contributed by atoms with Gasteiger partial charge in [0, 0.05) is 25.2 Å². The van der Waals surface area contributed by atoms with Gasteiger partial charge in [-0.15, -0.1) is 0 Å². The first-order chi connectivity index (χ1) is 14.8. The first kappa shape index (κ1) is 22.6. The van der Waals surface area contributed by atoms with Gasteiger partial charge < -0.3 is 20.1 Å². The number of fused-ring (bicyclic) bond motifs is 1. The second-order valence-corrected chi connectivity index (χ2v) is 8.70. The largest absolute Gasteiger partial charge is 0.454 e. The van der Waals surface area contributed by atoms with Crippen molar-refractivity contribution in [3.63, 3.8) is 0 Å². The van der Waals surface area contributed by atoms with Gasteiger partial charge >= 0.3 is 0 Å². The number of ether oxygens (including phenoxy) is 2. The topological polar surface area (TPSA) is 114 Å². The van der Waals surface area contributed by atoms with Gasteiger partial charge in [0.15, 0.2) is 11.5 Å². The van der Waals surface area contributed by atoms with Crippen LogP contribution in [0.1, 0.15) is 29.8 Å². The number of hydrogen-bond acceptors (Lipinski definition) is 6. The van der Waals surface area contributed by atoms with Gasteiger partial charge in [0.1, 0.15) is 0 Å². The molecule has 0 radical (unpaired) electrons. The summed E-state index contributed by atoms with van der Waals surface area (Å²) in [6, 6.07) is 11.0. The molecule has 3 rings (SSSR count). The molecule has 0 saturated carbocycles. The molecule has 0 saturated heterocycles. The van der Waals surface area contributed by atoms with Crippen molar-refractivity contribution in [3.05, 3.63) is 53.6 Å². The van der Waals surface area contributed by atoms with Crippen LogP contribution in [0.2, 0.25) is 0 Å². The van der Waals surface area contributed by atoms with E-state index in [1.165, 1.54) is 28.6 Å². The predicted octanol–water partition coefficient (Wildman–Crippen LogP) is 1.49. The van der Waals surface area contributed by atoms with Crippen LogP contribution in [0.15, 0.2) is 47.4 Å². The number of nitrogens with one attached hydrogen (secondary N) is 2. The van der Waals surface area contributed by atoms with Gasteiger partial charge in [-0.2, -0.15) is 4.31 Å². The highest BCUT2D eigenvalue weighted by Gasteiger charge is 2.21. The number of hydrogen-bond donors (Lipinski definition) is 2. The number of sulfonamides is 1. The summed E-state index contributed by atoms with van der Waals surface area (Å²) in [6.45, 7) is 4.51. The Hall–Kier alpha value is -3.11. The van der Waals surface area contributed by atoms with Gasteiger partial charge in [0.2, 0.25) is 22.7 Å². The summed E-state index contributed by atoms with van der Waals surface area (Å²) in [5.74, 6) is 0.474. The molecule has 2 N–H and O–H groups in total. The van der Waals surface area contributed by atoms with E-state index in [1.807, 2.05) is 6.07 Å². The minimum atomic E-state index is -3.59. The maximum atomic E-state index is 12.5. The summed E-state index contributed by atoms with van der Waals surface area (Å²) in [7, 11) is -3.59. The zero-order valence-electron chi connectivity index (χ0n) is 17.4. The van der Waals surface area contributed by atoms with Crippen LogP contribution in [0.5, 0.6) is 11.5 Å². The van der Waals surface area contributed by atoms with E-state index in [4.69, 9.17) is 9.47 Å². The van der Waals surface area contributed by atoms with Crippen molar-refractivity contribution in [1.29, 1.82) is 0 Å². The van der Waals surface area contributed by atoms with Gasteiger partial charge in [0.05, 0.1) is 11.4 Å². The molecule has 0 atom stereocenters. The highest BCUT2D eigenvalue weighted by atomic mass is 32.2. The fourth-order valence-electron chi connectivity index (χ4n) is 3.07. The highest BCUT2D eigenvalue weighted by Crippen LogP contribution is 2.32. The van der Waals surface area contributed by atoms with E-state index in [9.17, 15) is 18.0 Å². The molecule has 0 bridgehead atoms. The minimum absolute atomic E-state index is 0.120. The fourth-order valence-corrected chi connectivity index (χ4v) is 4.53. The minimum Gasteiger partial charge on any atom is -0.454 e. The molecule has 0 spiro atoms. The summed E-state index contributed by atoms with van der Waals surface area (Å²) >= 11 is 0. The van der Waals surface area contributed by atoms with Gasteiger partial charge in [-0.1, -0.05) is 19.9 Å². The average Bonchev–Trinajstić information content (AvgIpc) is 3.24. The molecule has 1 heterocycles. The van der Waals surface area contributed by atoms with Crippen molar-refractivity contribution in [2.45, 2.75) is 25.3 Å². The smallest absolute Gasteiger partial charge is 0.251 e. The zero-order chi connectivity index (χ0) is 22.4. The summed E-state index contributed by atoms with van der Waals surface area (Å²) in [4.78, 5) is 24.4. The van der Waals surface area contributed by atoms with Gasteiger partial charge in [0.25, 0.3) is 5.91 Å². The van der Waals surface area contributed by atoms with Crippen molar-refractivity contribution in [2.24, 2.45) is 0 Å². The van der Waals surface area contributed by atoms with Crippen LogP contribution in [0.4, 0.5) is 0 Å². The standard InChI is InChI=1S/C21H25N3O6S/c1-3-24(4-2)31(27,28)17-8-6-16(7-9-17)21(26)23-13-20(25)22-12-15-5-10-18-19(11-15)30-14-29-18/h5-11H,3-4,12-14H2,1-2H3,(H,22,25)(H,23,26). The number of amides is 2. The van der Waals surface area contributed by atoms with Crippen molar-refractivity contribution >= 4 is 21.8 Å². The molecule has 0 aromatic heterocycles. The monoisotopic (exact) mass is 447 g/mol. The Morgan fingerprint density at radius 2 is 1.65 bits per heavy atom. The Kier molecular flexibility index (Phi) is 7.13. The van der Waals surface area contributed by atoms with Crippen molar-refractivity contribution in [3.8, 4) is 11.5 Å². The Morgan fingerprint density at radius 1 is 0.968 bits per heavy atom. The lowest BCUT2D eigenvalue weighted by molar-refractivity contribution is -0.120. The first-order valence-electron chi connectivity index (χ1n) is 9.88. The van der Waals surface area contributed by atoms with Crippen LogP contribution in [-0.4, -0.2) is 51.0 Å². The fraction of sp³-hybridized carbons (Fsp3) is 0.333. The van der Waals surface area contributed by atoms with E-state index in [0.717, 1.165) is 5.56 Å². The van der Waals surface area contributed by atoms with Crippen molar-refractivity contribution in [1.82, 2.24) is 14.9 Å². The van der Waals surface area contributed by atoms with Gasteiger partial charge in [-0.3, -0.25) is 9.59 Å². The third-order valence-corrected chi connectivity index (χ3v) is 6.86. The van der Waals surface area contributed by atoms with E-state index in [-0.39, 0.29) is 36.2 Å². The Labute approximate surface area is 181 Å². The van der Waals surface area contributed by atoms with E-state index in [0.29, 0.717) is 24.6 Å². The molecule has 0 unspecified atom stereocenters. The lowest BCUT2D eigenvalue weighted by Gasteiger charge is -2.18. The molecule has 0 fully saturated rings. The predicted molar refractivity (Wildman–Crippen MR) is 113 cm³/mol. The third kappa shape index (κ3) is 5.33. The maximum absolute atomic E-state index is 12.5. The highest BCUT2D eigenvalue weighted by molar-refractivity contribution is 7.89. The van der Waals surface area contributed by atoms with Gasteiger partial charge in [-0.05, 0) is 42.0 Å². The molecule has 2 aromatic rings. The molecule has 9 nitrogen and oxygen atoms in total. The lowest BCUT2D eigenvalue weighted by atomic mass is 10.2. The normalized spacial score (nSPS) is 12.6. The van der Waals surface area contributed by atoms with Crippen molar-refractivity contribution < 1.29 is 27.5 Å². The number of carbonyl (C=O) groups excluding carboxylic acids is 2. The number of rotatable bonds is 9. The Morgan fingerprint density at radius 3 is 2.32 bits per heavy atom. The second kappa shape index (κ2) is 9.80. The summed E-state index contributed by atoms with van der Waals surface area (Å²) in [5, 5.41) is 5.24. The van der Waals surface area contributed by atoms with Crippen LogP contribution >= 0.6 is 0 Å². The molecule has 10 heteroatoms. The molecule has 166 valence electrons. The second-order valence-electron chi connectivity index (χ2n) is 6.76. The Balaban J connectivity index is 1.50. The van der Waals surface area contributed by atoms with Crippen molar-refractivity contribution in [2.75, 3.05) is 26.4 Å². The molecule has 2 aromatic carbocycles. The van der Waals surface area contributed by atoms with Crippen LogP contribution in [0, 0.1) is 0 Å². The van der Waals surface area contributed by atoms with E-state index >= 15 is 0 Å². The quantitative estimate of drug-likeness (QED) is 0.602. The molecule has 1 aliphatic heterocycles. The number of carbonyl (C=O) groups is 2. The summed E-state index contributed by atoms with van der Waals surface area (Å²) in [6.07, 6.45) is 0. The third-order valence-electron chi connectivity index (χ3n) is 4.80. The molecule has 1 aliphatic rings. The summed E-state index contributed by atoms with van der Waals surface area (Å²) in [5.41, 5.74) is 1.11. The van der Waals surface area contributed by atoms with E-state index < -0.39 is 15.9 Å². The van der Waals surface area contributed by atoms with Crippen LogP contribution < -0.4 is 20.1 Å². The molecule has 31 heavy (non-hydrogen) atoms. The first-order valence-corrected chi connectivity index (χ1v) is 11.3. The lowest BCUT2D eigenvalue weighted by Crippen LogP contribution is -2.36. The molecular formula is C21H25N3O6S. The van der Waals surface area contributed by atoms with Crippen LogP contribution in [0.3, 0.4) is 0 Å². The summed E-state index contributed by atoms with van der Waals surface area (Å²) < 4.78 is 36.9. The van der Waals surface area contributed by atoms with E-state index in [1.54, 1.807) is 26.0 Å². The van der Waals surface area contributed by atoms with Gasteiger partial charge in [-0.25, -0.2) is 8.42 Å². The van der Waals surface area contributed by atoms with Crippen LogP contribution in [0.25, 0.3) is 0 Å². The zero-order valence-corrected chi connectivity index (χ0v) is 18.2. The Bertz CT molecular complexity index is 1050.